The maximum atomic E-state index is 11.7. The van der Waals surface area contributed by atoms with Gasteiger partial charge in [-0.1, -0.05) is 6.07 Å². The molecule has 4 rings (SSSR count). The largest absolute Gasteiger partial charge is 0.481 e. The molecule has 2 N–H and O–H groups in total. The molecule has 0 bridgehead atoms. The number of hydrogen-bond donors (Lipinski definition) is 2. The first-order valence-electron chi connectivity index (χ1n) is 9.31. The van der Waals surface area contributed by atoms with Gasteiger partial charge in [-0.3, -0.25) is 14.5 Å². The van der Waals surface area contributed by atoms with Crippen molar-refractivity contribution in [2.75, 3.05) is 31.1 Å². The van der Waals surface area contributed by atoms with E-state index in [1.165, 1.54) is 16.8 Å². The SMILES string of the molecule is Cc1cc(C)cc(N2CCC(N3C[C@@]4(C(=O)O)C[C@@]4(C(=O)O)C3)CC2)c1. The molecule has 0 spiro atoms. The van der Waals surface area contributed by atoms with E-state index in [4.69, 9.17) is 0 Å². The molecule has 1 aromatic carbocycles. The normalized spacial score (nSPS) is 31.7. The van der Waals surface area contributed by atoms with Crippen LogP contribution in [0.5, 0.6) is 0 Å². The topological polar surface area (TPSA) is 81.1 Å². The van der Waals surface area contributed by atoms with Crippen LogP contribution in [0.15, 0.2) is 18.2 Å². The Morgan fingerprint density at radius 1 is 0.962 bits per heavy atom. The monoisotopic (exact) mass is 358 g/mol. The van der Waals surface area contributed by atoms with Gasteiger partial charge in [0.05, 0.1) is 10.8 Å². The van der Waals surface area contributed by atoms with Crippen LogP contribution in [0.1, 0.15) is 30.4 Å². The average Bonchev–Trinajstić information content (AvgIpc) is 3.13. The minimum absolute atomic E-state index is 0.275. The van der Waals surface area contributed by atoms with E-state index in [2.05, 4.69) is 41.8 Å². The van der Waals surface area contributed by atoms with Crippen molar-refractivity contribution in [3.05, 3.63) is 29.3 Å². The second-order valence-electron chi connectivity index (χ2n) is 8.42. The number of benzene rings is 1. The van der Waals surface area contributed by atoms with Crippen LogP contribution in [0.3, 0.4) is 0 Å². The number of aliphatic carboxylic acids is 2. The van der Waals surface area contributed by atoms with Crippen molar-refractivity contribution in [2.45, 2.75) is 39.2 Å². The third kappa shape index (κ3) is 2.42. The van der Waals surface area contributed by atoms with E-state index >= 15 is 0 Å². The Morgan fingerprint density at radius 3 is 1.92 bits per heavy atom. The second-order valence-corrected chi connectivity index (χ2v) is 8.42. The highest BCUT2D eigenvalue weighted by Crippen LogP contribution is 2.69. The number of rotatable bonds is 4. The molecule has 1 saturated carbocycles. The zero-order valence-corrected chi connectivity index (χ0v) is 15.4. The van der Waals surface area contributed by atoms with E-state index in [-0.39, 0.29) is 12.5 Å². The Balaban J connectivity index is 1.43. The third-order valence-electron chi connectivity index (χ3n) is 6.71. The molecular weight excluding hydrogens is 332 g/mol. The minimum atomic E-state index is -1.07. The molecule has 0 amide bonds. The van der Waals surface area contributed by atoms with Crippen LogP contribution in [-0.2, 0) is 9.59 Å². The summed E-state index contributed by atoms with van der Waals surface area (Å²) in [5.74, 6) is -1.90. The lowest BCUT2D eigenvalue weighted by atomic mass is 9.97. The number of likely N-dealkylation sites (tertiary alicyclic amines) is 1. The molecule has 26 heavy (non-hydrogen) atoms. The Kier molecular flexibility index (Phi) is 3.81. The quantitative estimate of drug-likeness (QED) is 0.858. The number of nitrogens with zero attached hydrogens (tertiary/aromatic N) is 2. The molecule has 1 aliphatic carbocycles. The van der Waals surface area contributed by atoms with Gasteiger partial charge in [-0.2, -0.15) is 0 Å². The summed E-state index contributed by atoms with van der Waals surface area (Å²) in [5.41, 5.74) is 1.63. The van der Waals surface area contributed by atoms with Gasteiger partial charge in [-0.25, -0.2) is 0 Å². The van der Waals surface area contributed by atoms with Crippen LogP contribution in [0.2, 0.25) is 0 Å². The van der Waals surface area contributed by atoms with Gasteiger partial charge in [0.1, 0.15) is 0 Å². The van der Waals surface area contributed by atoms with Gasteiger partial charge in [0, 0.05) is 37.9 Å². The Bertz CT molecular complexity index is 723. The van der Waals surface area contributed by atoms with E-state index in [9.17, 15) is 19.8 Å². The van der Waals surface area contributed by atoms with Gasteiger partial charge in [0.25, 0.3) is 0 Å². The molecule has 2 heterocycles. The zero-order valence-electron chi connectivity index (χ0n) is 15.4. The van der Waals surface area contributed by atoms with Crippen LogP contribution in [-0.4, -0.2) is 59.3 Å². The van der Waals surface area contributed by atoms with Crippen molar-refractivity contribution < 1.29 is 19.8 Å². The minimum Gasteiger partial charge on any atom is -0.481 e. The summed E-state index contributed by atoms with van der Waals surface area (Å²) in [6.07, 6.45) is 2.17. The number of anilines is 1. The van der Waals surface area contributed by atoms with Crippen molar-refractivity contribution in [3.8, 4) is 0 Å². The first kappa shape index (κ1) is 17.3. The maximum absolute atomic E-state index is 11.7. The Morgan fingerprint density at radius 2 is 1.46 bits per heavy atom. The number of carboxylic acid groups (broad SMARTS) is 2. The first-order valence-corrected chi connectivity index (χ1v) is 9.31. The highest BCUT2D eigenvalue weighted by atomic mass is 16.4. The standard InChI is InChI=1S/C20H26N2O4/c1-13-7-14(2)9-16(8-13)21-5-3-15(4-6-21)22-11-19(17(23)24)10-20(19,12-22)18(25)26/h7-9,15H,3-6,10-12H2,1-2H3,(H,23,24)(H,25,26)/t19-,20+. The van der Waals surface area contributed by atoms with Crippen LogP contribution < -0.4 is 4.90 Å². The molecule has 2 saturated heterocycles. The highest BCUT2D eigenvalue weighted by molar-refractivity contribution is 5.94. The molecule has 0 radical (unpaired) electrons. The van der Waals surface area contributed by atoms with E-state index in [0.29, 0.717) is 13.1 Å². The van der Waals surface area contributed by atoms with Crippen molar-refractivity contribution in [2.24, 2.45) is 10.8 Å². The molecule has 6 nitrogen and oxygen atoms in total. The molecule has 140 valence electrons. The van der Waals surface area contributed by atoms with Gasteiger partial charge in [0.2, 0.25) is 0 Å². The fourth-order valence-corrected chi connectivity index (χ4v) is 5.21. The van der Waals surface area contributed by atoms with E-state index < -0.39 is 22.8 Å². The van der Waals surface area contributed by atoms with Gasteiger partial charge in [-0.15, -0.1) is 0 Å². The zero-order chi connectivity index (χ0) is 18.7. The molecule has 3 aliphatic rings. The molecule has 6 heteroatoms. The van der Waals surface area contributed by atoms with Gasteiger partial charge >= 0.3 is 11.9 Å². The molecule has 0 unspecified atom stereocenters. The van der Waals surface area contributed by atoms with E-state index in [1.807, 2.05) is 0 Å². The van der Waals surface area contributed by atoms with Crippen molar-refractivity contribution >= 4 is 17.6 Å². The summed E-state index contributed by atoms with van der Waals surface area (Å²) in [4.78, 5) is 27.9. The highest BCUT2D eigenvalue weighted by Gasteiger charge is 2.81. The average molecular weight is 358 g/mol. The summed E-state index contributed by atoms with van der Waals surface area (Å²) >= 11 is 0. The molecule has 2 aliphatic heterocycles. The molecule has 3 fully saturated rings. The van der Waals surface area contributed by atoms with Gasteiger partial charge in [-0.05, 0) is 56.4 Å². The number of carbonyl (C=O) groups is 2. The number of fused-ring (bicyclic) bond motifs is 1. The van der Waals surface area contributed by atoms with Crippen molar-refractivity contribution in [1.29, 1.82) is 0 Å². The number of hydrogen-bond acceptors (Lipinski definition) is 4. The summed E-state index contributed by atoms with van der Waals surface area (Å²) in [5, 5.41) is 19.2. The lowest BCUT2D eigenvalue weighted by Gasteiger charge is -2.39. The molecule has 0 aromatic heterocycles. The molecule has 1 aromatic rings. The fraction of sp³-hybridized carbons (Fsp3) is 0.600. The fourth-order valence-electron chi connectivity index (χ4n) is 5.21. The third-order valence-corrected chi connectivity index (χ3v) is 6.71. The maximum Gasteiger partial charge on any atom is 0.312 e. The molecular formula is C20H26N2O4. The lowest BCUT2D eigenvalue weighted by molar-refractivity contribution is -0.151. The van der Waals surface area contributed by atoms with E-state index in [1.54, 1.807) is 0 Å². The lowest BCUT2D eigenvalue weighted by Crippen LogP contribution is -2.46. The van der Waals surface area contributed by atoms with Crippen molar-refractivity contribution in [3.63, 3.8) is 0 Å². The van der Waals surface area contributed by atoms with Gasteiger partial charge < -0.3 is 15.1 Å². The van der Waals surface area contributed by atoms with E-state index in [0.717, 1.165) is 25.9 Å². The number of carboxylic acids is 2. The number of aryl methyl sites for hydroxylation is 2. The predicted molar refractivity (Wildman–Crippen MR) is 97.5 cm³/mol. The second kappa shape index (κ2) is 5.71. The smallest absolute Gasteiger partial charge is 0.312 e. The van der Waals surface area contributed by atoms with Crippen molar-refractivity contribution in [1.82, 2.24) is 4.90 Å². The van der Waals surface area contributed by atoms with Crippen LogP contribution >= 0.6 is 0 Å². The summed E-state index contributed by atoms with van der Waals surface area (Å²) in [6, 6.07) is 6.86. The first-order chi connectivity index (χ1) is 12.3. The predicted octanol–water partition coefficient (Wildman–Crippen LogP) is 2.13. The van der Waals surface area contributed by atoms with Gasteiger partial charge in [0.15, 0.2) is 0 Å². The van der Waals surface area contributed by atoms with Crippen LogP contribution in [0.4, 0.5) is 5.69 Å². The molecule has 2 atom stereocenters. The summed E-state index contributed by atoms with van der Waals surface area (Å²) in [6.45, 7) is 6.81. The summed E-state index contributed by atoms with van der Waals surface area (Å²) < 4.78 is 0. The summed E-state index contributed by atoms with van der Waals surface area (Å²) in [7, 11) is 0. The number of piperidine rings is 2. The van der Waals surface area contributed by atoms with Crippen LogP contribution in [0.25, 0.3) is 0 Å². The Hall–Kier alpha value is -2.08. The Labute approximate surface area is 153 Å². The van der Waals surface area contributed by atoms with Crippen LogP contribution in [0, 0.1) is 24.7 Å².